The minimum atomic E-state index is 0.650. The minimum absolute atomic E-state index is 0.650. The summed E-state index contributed by atoms with van der Waals surface area (Å²) in [4.78, 5) is 8.34. The van der Waals surface area contributed by atoms with E-state index >= 15 is 0 Å². The van der Waals surface area contributed by atoms with Crippen molar-refractivity contribution in [2.24, 2.45) is 0 Å². The minimum Gasteiger partial charge on any atom is -0.481 e. The summed E-state index contributed by atoms with van der Waals surface area (Å²) in [5.74, 6) is 0.650. The monoisotopic (exact) mass is 297 g/mol. The molecule has 0 aliphatic carbocycles. The number of nitrogens with zero attached hydrogens (tertiary/aromatic N) is 3. The topological polar surface area (TPSA) is 75.7 Å². The Hall–Kier alpha value is -2.47. The van der Waals surface area contributed by atoms with Gasteiger partial charge in [0.05, 0.1) is 25.0 Å². The summed E-state index contributed by atoms with van der Waals surface area (Å²) in [5, 5.41) is 11.6. The summed E-state index contributed by atoms with van der Waals surface area (Å²) in [5.41, 5.74) is 3.40. The van der Waals surface area contributed by atoms with Crippen molar-refractivity contribution in [2.75, 3.05) is 13.7 Å². The van der Waals surface area contributed by atoms with Crippen molar-refractivity contribution in [3.8, 4) is 5.88 Å². The number of aromatic nitrogens is 4. The zero-order chi connectivity index (χ0) is 15.2. The fourth-order valence-electron chi connectivity index (χ4n) is 2.43. The van der Waals surface area contributed by atoms with E-state index in [9.17, 15) is 0 Å². The van der Waals surface area contributed by atoms with E-state index in [-0.39, 0.29) is 0 Å². The van der Waals surface area contributed by atoms with E-state index in [1.807, 2.05) is 24.5 Å². The number of H-pyrrole nitrogens is 1. The van der Waals surface area contributed by atoms with Gasteiger partial charge in [0, 0.05) is 30.4 Å². The normalized spacial score (nSPS) is 11.0. The Labute approximate surface area is 128 Å². The Balaban J connectivity index is 1.46. The average molecular weight is 297 g/mol. The fraction of sp³-hybridized carbons (Fsp3) is 0.312. The van der Waals surface area contributed by atoms with Crippen LogP contribution < -0.4 is 10.1 Å². The number of rotatable bonds is 7. The highest BCUT2D eigenvalue weighted by Crippen LogP contribution is 2.15. The summed E-state index contributed by atoms with van der Waals surface area (Å²) in [6, 6.07) is 3.94. The number of pyridine rings is 2. The molecule has 6 nitrogen and oxygen atoms in total. The van der Waals surface area contributed by atoms with Crippen molar-refractivity contribution in [3.05, 3.63) is 48.0 Å². The molecule has 0 saturated heterocycles. The zero-order valence-corrected chi connectivity index (χ0v) is 12.5. The van der Waals surface area contributed by atoms with Gasteiger partial charge in [-0.25, -0.2) is 4.98 Å². The molecule has 0 amide bonds. The molecule has 3 aromatic rings. The highest BCUT2D eigenvalue weighted by atomic mass is 16.5. The molecule has 0 radical (unpaired) electrons. The second kappa shape index (κ2) is 7.00. The van der Waals surface area contributed by atoms with Crippen molar-refractivity contribution in [1.82, 2.24) is 25.5 Å². The number of methoxy groups -OCH3 is 1. The predicted molar refractivity (Wildman–Crippen MR) is 84.7 cm³/mol. The highest BCUT2D eigenvalue weighted by molar-refractivity contribution is 5.80. The van der Waals surface area contributed by atoms with Gasteiger partial charge in [0.15, 0.2) is 0 Å². The number of hydrogen-bond acceptors (Lipinski definition) is 5. The number of aromatic amines is 1. The van der Waals surface area contributed by atoms with Crippen molar-refractivity contribution >= 4 is 10.9 Å². The van der Waals surface area contributed by atoms with Gasteiger partial charge in [0.25, 0.3) is 0 Å². The van der Waals surface area contributed by atoms with E-state index in [1.54, 1.807) is 19.5 Å². The Bertz CT molecular complexity index is 740. The van der Waals surface area contributed by atoms with Crippen LogP contribution in [0.5, 0.6) is 5.88 Å². The quantitative estimate of drug-likeness (QED) is 0.653. The fourth-order valence-corrected chi connectivity index (χ4v) is 2.43. The first-order valence-corrected chi connectivity index (χ1v) is 7.32. The van der Waals surface area contributed by atoms with Crippen LogP contribution in [0.3, 0.4) is 0 Å². The molecule has 3 heterocycles. The maximum Gasteiger partial charge on any atom is 0.213 e. The summed E-state index contributed by atoms with van der Waals surface area (Å²) >= 11 is 0. The Morgan fingerprint density at radius 2 is 2.23 bits per heavy atom. The predicted octanol–water partition coefficient (Wildman–Crippen LogP) is 2.08. The van der Waals surface area contributed by atoms with Gasteiger partial charge in [-0.3, -0.25) is 10.1 Å². The van der Waals surface area contributed by atoms with E-state index in [0.29, 0.717) is 5.88 Å². The molecule has 22 heavy (non-hydrogen) atoms. The van der Waals surface area contributed by atoms with Crippen LogP contribution in [-0.4, -0.2) is 33.8 Å². The molecule has 0 atom stereocenters. The van der Waals surface area contributed by atoms with Gasteiger partial charge >= 0.3 is 0 Å². The molecular weight excluding hydrogens is 278 g/mol. The van der Waals surface area contributed by atoms with Gasteiger partial charge in [-0.05, 0) is 36.6 Å². The van der Waals surface area contributed by atoms with Gasteiger partial charge in [-0.1, -0.05) is 0 Å². The summed E-state index contributed by atoms with van der Waals surface area (Å²) in [6.07, 6.45) is 9.39. The molecule has 3 rings (SSSR count). The van der Waals surface area contributed by atoms with Crippen LogP contribution in [0.2, 0.25) is 0 Å². The van der Waals surface area contributed by atoms with Gasteiger partial charge in [-0.2, -0.15) is 5.10 Å². The Morgan fingerprint density at radius 3 is 3.14 bits per heavy atom. The van der Waals surface area contributed by atoms with Crippen LogP contribution in [0.4, 0.5) is 0 Å². The molecule has 0 unspecified atom stereocenters. The summed E-state index contributed by atoms with van der Waals surface area (Å²) < 4.78 is 5.12. The number of nitrogens with one attached hydrogen (secondary N) is 2. The van der Waals surface area contributed by atoms with Crippen LogP contribution in [0, 0.1) is 0 Å². The Morgan fingerprint density at radius 1 is 1.27 bits per heavy atom. The second-order valence-corrected chi connectivity index (χ2v) is 5.12. The molecular formula is C16H19N5O. The first-order valence-electron chi connectivity index (χ1n) is 7.32. The standard InChI is InChI=1S/C16H19N5O/c1-22-16-7-12(4-6-19-16)8-17-5-2-3-13-9-18-11-15-14(13)10-20-21-15/h4,6-7,9-11,17H,2-3,5,8H2,1H3,(H,20,21). The molecule has 0 aliphatic heterocycles. The molecule has 0 aliphatic rings. The lowest BCUT2D eigenvalue weighted by molar-refractivity contribution is 0.397. The molecule has 0 bridgehead atoms. The van der Waals surface area contributed by atoms with Crippen LogP contribution in [0.25, 0.3) is 10.9 Å². The molecule has 0 aromatic carbocycles. The smallest absolute Gasteiger partial charge is 0.213 e. The van der Waals surface area contributed by atoms with Crippen molar-refractivity contribution in [3.63, 3.8) is 0 Å². The van der Waals surface area contributed by atoms with E-state index in [2.05, 4.69) is 25.5 Å². The van der Waals surface area contributed by atoms with E-state index < -0.39 is 0 Å². The van der Waals surface area contributed by atoms with Crippen LogP contribution in [0.1, 0.15) is 17.5 Å². The van der Waals surface area contributed by atoms with Gasteiger partial charge in [-0.15, -0.1) is 0 Å². The van der Waals surface area contributed by atoms with Crippen LogP contribution in [-0.2, 0) is 13.0 Å². The van der Waals surface area contributed by atoms with Gasteiger partial charge in [0.2, 0.25) is 5.88 Å². The largest absolute Gasteiger partial charge is 0.481 e. The lowest BCUT2D eigenvalue weighted by atomic mass is 10.1. The van der Waals surface area contributed by atoms with E-state index in [1.165, 1.54) is 11.1 Å². The van der Waals surface area contributed by atoms with E-state index in [4.69, 9.17) is 4.74 Å². The van der Waals surface area contributed by atoms with Gasteiger partial charge < -0.3 is 10.1 Å². The van der Waals surface area contributed by atoms with Gasteiger partial charge in [0.1, 0.15) is 0 Å². The summed E-state index contributed by atoms with van der Waals surface area (Å²) in [7, 11) is 1.63. The van der Waals surface area contributed by atoms with Crippen molar-refractivity contribution in [2.45, 2.75) is 19.4 Å². The third kappa shape index (κ3) is 3.40. The summed E-state index contributed by atoms with van der Waals surface area (Å²) in [6.45, 7) is 1.76. The first-order chi connectivity index (χ1) is 10.9. The average Bonchev–Trinajstić information content (AvgIpc) is 3.04. The molecule has 0 fully saturated rings. The molecule has 114 valence electrons. The van der Waals surface area contributed by atoms with Crippen molar-refractivity contribution in [1.29, 1.82) is 0 Å². The SMILES string of the molecule is COc1cc(CNCCCc2cncc3[nH]ncc23)ccn1. The molecule has 3 aromatic heterocycles. The van der Waals surface area contributed by atoms with Crippen molar-refractivity contribution < 1.29 is 4.74 Å². The molecule has 2 N–H and O–H groups in total. The Kier molecular flexibility index (Phi) is 4.60. The third-order valence-corrected chi connectivity index (χ3v) is 3.59. The molecule has 6 heteroatoms. The number of hydrogen-bond donors (Lipinski definition) is 2. The molecule has 0 spiro atoms. The number of aryl methyl sites for hydroxylation is 1. The lowest BCUT2D eigenvalue weighted by Gasteiger charge is -2.06. The first kappa shape index (κ1) is 14.5. The maximum absolute atomic E-state index is 5.12. The van der Waals surface area contributed by atoms with E-state index in [0.717, 1.165) is 36.8 Å². The molecule has 0 saturated carbocycles. The third-order valence-electron chi connectivity index (χ3n) is 3.59. The van der Waals surface area contributed by atoms with Crippen LogP contribution >= 0.6 is 0 Å². The maximum atomic E-state index is 5.12. The number of fused-ring (bicyclic) bond motifs is 1. The highest BCUT2D eigenvalue weighted by Gasteiger charge is 2.03. The second-order valence-electron chi connectivity index (χ2n) is 5.12. The lowest BCUT2D eigenvalue weighted by Crippen LogP contribution is -2.15. The zero-order valence-electron chi connectivity index (χ0n) is 12.5. The van der Waals surface area contributed by atoms with Crippen LogP contribution in [0.15, 0.2) is 36.9 Å². The number of ether oxygens (including phenoxy) is 1.